The molecule has 0 fully saturated rings. The number of carbonyl (C=O) groups is 1. The van der Waals surface area contributed by atoms with E-state index in [1.165, 1.54) is 6.08 Å². The van der Waals surface area contributed by atoms with Crippen LogP contribution in [-0.4, -0.2) is 10.8 Å². The lowest BCUT2D eigenvalue weighted by atomic mass is 10.1. The van der Waals surface area contributed by atoms with Crippen LogP contribution in [0.2, 0.25) is 20.1 Å². The summed E-state index contributed by atoms with van der Waals surface area (Å²) in [6.45, 7) is 0. The number of nitriles is 1. The fraction of sp³-hybridized carbons (Fsp3) is 0. The van der Waals surface area contributed by atoms with Gasteiger partial charge in [-0.05, 0) is 17.7 Å². The number of hydrogen-bond donors (Lipinski definition) is 1. The third kappa shape index (κ3) is 4.45. The van der Waals surface area contributed by atoms with Crippen molar-refractivity contribution < 1.29 is 9.72 Å². The van der Waals surface area contributed by atoms with Gasteiger partial charge in [0.15, 0.2) is 0 Å². The van der Waals surface area contributed by atoms with E-state index in [4.69, 9.17) is 46.4 Å². The number of benzene rings is 2. The monoisotopic (exact) mass is 429 g/mol. The molecule has 2 aromatic carbocycles. The van der Waals surface area contributed by atoms with Crippen molar-refractivity contribution in [1.82, 2.24) is 0 Å². The van der Waals surface area contributed by atoms with Gasteiger partial charge in [-0.1, -0.05) is 58.5 Å². The fourth-order valence-corrected chi connectivity index (χ4v) is 2.83. The van der Waals surface area contributed by atoms with Gasteiger partial charge in [0.1, 0.15) is 11.6 Å². The highest BCUT2D eigenvalue weighted by Crippen LogP contribution is 2.35. The van der Waals surface area contributed by atoms with Crippen molar-refractivity contribution in [2.45, 2.75) is 0 Å². The minimum atomic E-state index is -0.818. The minimum Gasteiger partial charge on any atom is -0.319 e. The molecule has 0 radical (unpaired) electrons. The minimum absolute atomic E-state index is 0.0534. The Bertz CT molecular complexity index is 960. The molecule has 0 saturated heterocycles. The Balaban J connectivity index is 2.37. The number of nitrogens with zero attached hydrogens (tertiary/aromatic N) is 2. The Hall–Kier alpha value is -2.30. The van der Waals surface area contributed by atoms with Gasteiger partial charge in [0, 0.05) is 12.1 Å². The van der Waals surface area contributed by atoms with E-state index >= 15 is 0 Å². The van der Waals surface area contributed by atoms with Crippen LogP contribution in [0.15, 0.2) is 35.9 Å². The highest BCUT2D eigenvalue weighted by atomic mass is 35.5. The topological polar surface area (TPSA) is 96.0 Å². The average molecular weight is 431 g/mol. The van der Waals surface area contributed by atoms with Crippen LogP contribution in [0.5, 0.6) is 0 Å². The van der Waals surface area contributed by atoms with E-state index < -0.39 is 10.8 Å². The zero-order chi connectivity index (χ0) is 19.4. The number of rotatable bonds is 4. The fourth-order valence-electron chi connectivity index (χ4n) is 1.90. The summed E-state index contributed by atoms with van der Waals surface area (Å²) >= 11 is 23.8. The smallest absolute Gasteiger partial charge is 0.272 e. The molecule has 1 N–H and O–H groups in total. The summed E-state index contributed by atoms with van der Waals surface area (Å²) in [5.41, 5.74) is -0.312. The van der Waals surface area contributed by atoms with Crippen LogP contribution in [0, 0.1) is 21.4 Å². The molecule has 0 heterocycles. The third-order valence-corrected chi connectivity index (χ3v) is 4.55. The molecular formula is C16H7Cl4N3O3. The van der Waals surface area contributed by atoms with Crippen molar-refractivity contribution in [2.75, 3.05) is 5.32 Å². The summed E-state index contributed by atoms with van der Waals surface area (Å²) in [4.78, 5) is 22.4. The largest absolute Gasteiger partial charge is 0.319 e. The number of nitro benzene ring substituents is 1. The Morgan fingerprint density at radius 1 is 1.15 bits per heavy atom. The molecule has 132 valence electrons. The molecule has 0 aliphatic rings. The highest BCUT2D eigenvalue weighted by Gasteiger charge is 2.18. The van der Waals surface area contributed by atoms with E-state index in [1.54, 1.807) is 24.3 Å². The normalized spacial score (nSPS) is 11.0. The summed E-state index contributed by atoms with van der Waals surface area (Å²) in [5, 5.41) is 22.5. The van der Waals surface area contributed by atoms with Gasteiger partial charge in [-0.25, -0.2) is 0 Å². The summed E-state index contributed by atoms with van der Waals surface area (Å²) in [6.07, 6.45) is 1.25. The molecule has 0 aliphatic heterocycles. The lowest BCUT2D eigenvalue weighted by Gasteiger charge is -2.09. The standard InChI is InChI=1S/C16H7Cl4N3O3/c17-11-3-1-2-8(14(11)20)4-9(7-21)16(24)22-15-12(18)5-10(23(25)26)6-13(15)19/h1-6H,(H,22,24)/b9-4+. The number of nitro groups is 1. The molecule has 6 nitrogen and oxygen atoms in total. The van der Waals surface area contributed by atoms with Crippen LogP contribution < -0.4 is 5.32 Å². The number of carbonyl (C=O) groups excluding carboxylic acids is 1. The summed E-state index contributed by atoms with van der Waals surface area (Å²) < 4.78 is 0. The van der Waals surface area contributed by atoms with Gasteiger partial charge < -0.3 is 5.32 Å². The van der Waals surface area contributed by atoms with E-state index in [0.29, 0.717) is 5.56 Å². The van der Waals surface area contributed by atoms with E-state index in [9.17, 15) is 20.2 Å². The number of anilines is 1. The number of hydrogen-bond acceptors (Lipinski definition) is 4. The molecule has 10 heteroatoms. The third-order valence-electron chi connectivity index (χ3n) is 3.12. The SMILES string of the molecule is N#C/C(=C\c1cccc(Cl)c1Cl)C(=O)Nc1c(Cl)cc([N+](=O)[O-])cc1Cl. The maximum Gasteiger partial charge on any atom is 0.272 e. The number of nitrogens with one attached hydrogen (secondary N) is 1. The number of non-ortho nitro benzene ring substituents is 1. The summed E-state index contributed by atoms with van der Waals surface area (Å²) in [6, 6.07) is 8.55. The first-order chi connectivity index (χ1) is 12.2. The van der Waals surface area contributed by atoms with Gasteiger partial charge in [-0.2, -0.15) is 5.26 Å². The quantitative estimate of drug-likeness (QED) is 0.289. The van der Waals surface area contributed by atoms with E-state index in [2.05, 4.69) is 5.32 Å². The molecule has 0 saturated carbocycles. The van der Waals surface area contributed by atoms with Gasteiger partial charge in [-0.3, -0.25) is 14.9 Å². The van der Waals surface area contributed by atoms with Crippen molar-refractivity contribution in [3.8, 4) is 6.07 Å². The first kappa shape index (κ1) is 20.0. The Morgan fingerprint density at radius 3 is 2.31 bits per heavy atom. The van der Waals surface area contributed by atoms with Gasteiger partial charge in [0.2, 0.25) is 0 Å². The van der Waals surface area contributed by atoms with Crippen LogP contribution in [0.25, 0.3) is 6.08 Å². The molecule has 26 heavy (non-hydrogen) atoms. The van der Waals surface area contributed by atoms with Crippen molar-refractivity contribution in [3.05, 3.63) is 71.7 Å². The van der Waals surface area contributed by atoms with E-state index in [1.807, 2.05) is 0 Å². The summed E-state index contributed by atoms with van der Waals surface area (Å²) in [5.74, 6) is -0.818. The van der Waals surface area contributed by atoms with Crippen molar-refractivity contribution in [3.63, 3.8) is 0 Å². The lowest BCUT2D eigenvalue weighted by molar-refractivity contribution is -0.384. The molecule has 0 atom stereocenters. The van der Waals surface area contributed by atoms with Crippen molar-refractivity contribution in [1.29, 1.82) is 5.26 Å². The molecule has 0 unspecified atom stereocenters. The van der Waals surface area contributed by atoms with E-state index in [-0.39, 0.29) is 37.0 Å². The second-order valence-corrected chi connectivity index (χ2v) is 6.41. The zero-order valence-electron chi connectivity index (χ0n) is 12.6. The average Bonchev–Trinajstić information content (AvgIpc) is 2.58. The first-order valence-electron chi connectivity index (χ1n) is 6.75. The molecule has 0 aliphatic carbocycles. The second kappa shape index (κ2) is 8.39. The van der Waals surface area contributed by atoms with Crippen LogP contribution in [0.1, 0.15) is 5.56 Å². The highest BCUT2D eigenvalue weighted by molar-refractivity contribution is 6.43. The maximum atomic E-state index is 12.3. The molecule has 0 bridgehead atoms. The van der Waals surface area contributed by atoms with Gasteiger partial charge in [0.05, 0.1) is 30.7 Å². The molecule has 0 aromatic heterocycles. The Morgan fingerprint density at radius 2 is 1.77 bits per heavy atom. The van der Waals surface area contributed by atoms with Gasteiger partial charge in [0.25, 0.3) is 11.6 Å². The summed E-state index contributed by atoms with van der Waals surface area (Å²) in [7, 11) is 0. The zero-order valence-corrected chi connectivity index (χ0v) is 15.6. The van der Waals surface area contributed by atoms with Crippen LogP contribution >= 0.6 is 46.4 Å². The molecule has 2 rings (SSSR count). The van der Waals surface area contributed by atoms with Crippen LogP contribution in [0.4, 0.5) is 11.4 Å². The van der Waals surface area contributed by atoms with Crippen LogP contribution in [0.3, 0.4) is 0 Å². The van der Waals surface area contributed by atoms with Crippen molar-refractivity contribution in [2.24, 2.45) is 0 Å². The predicted molar refractivity (Wildman–Crippen MR) is 102 cm³/mol. The number of halogens is 4. The molecule has 2 aromatic rings. The first-order valence-corrected chi connectivity index (χ1v) is 8.26. The molecule has 0 spiro atoms. The predicted octanol–water partition coefficient (Wildman–Crippen LogP) is 5.75. The van der Waals surface area contributed by atoms with E-state index in [0.717, 1.165) is 12.1 Å². The van der Waals surface area contributed by atoms with Gasteiger partial charge >= 0.3 is 0 Å². The van der Waals surface area contributed by atoms with Crippen LogP contribution in [-0.2, 0) is 4.79 Å². The maximum absolute atomic E-state index is 12.3. The Kier molecular flexibility index (Phi) is 6.46. The Labute approximate surface area is 167 Å². The molecule has 1 amide bonds. The number of amides is 1. The van der Waals surface area contributed by atoms with Gasteiger partial charge in [-0.15, -0.1) is 0 Å². The molecular weight excluding hydrogens is 424 g/mol. The van der Waals surface area contributed by atoms with Crippen molar-refractivity contribution >= 4 is 69.8 Å². The lowest BCUT2D eigenvalue weighted by Crippen LogP contribution is -2.14. The second-order valence-electron chi connectivity index (χ2n) is 4.81.